The zero-order chi connectivity index (χ0) is 24.7. The molecule has 0 radical (unpaired) electrons. The first kappa shape index (κ1) is 22.6. The van der Waals surface area contributed by atoms with Gasteiger partial charge in [-0.25, -0.2) is 13.4 Å². The molecule has 1 fully saturated rings. The van der Waals surface area contributed by atoms with Crippen LogP contribution in [-0.2, 0) is 0 Å². The maximum absolute atomic E-state index is 15.3. The number of aromatic nitrogens is 5. The number of nitriles is 1. The molecule has 10 nitrogen and oxygen atoms in total. The summed E-state index contributed by atoms with van der Waals surface area (Å²) in [5.41, 5.74) is 1.80. The lowest BCUT2D eigenvalue weighted by Crippen LogP contribution is -2.31. The summed E-state index contributed by atoms with van der Waals surface area (Å²) in [6.07, 6.45) is 7.64. The average molecular weight is 477 g/mol. The number of rotatable bonds is 5. The van der Waals surface area contributed by atoms with E-state index < -0.39 is 5.82 Å². The quantitative estimate of drug-likeness (QED) is 0.452. The molecule has 4 aromatic heterocycles. The van der Waals surface area contributed by atoms with E-state index >= 15 is 4.39 Å². The highest BCUT2D eigenvalue weighted by Crippen LogP contribution is 2.37. The molecule has 0 atom stereocenters. The molecular formula is C24H25FN8O2. The third kappa shape index (κ3) is 3.90. The third-order valence-electron chi connectivity index (χ3n) is 6.72. The Labute approximate surface area is 200 Å². The Morgan fingerprint density at radius 3 is 2.80 bits per heavy atom. The van der Waals surface area contributed by atoms with Crippen LogP contribution in [-0.4, -0.2) is 50.3 Å². The van der Waals surface area contributed by atoms with Crippen molar-refractivity contribution in [1.82, 2.24) is 29.5 Å². The zero-order valence-corrected chi connectivity index (χ0v) is 19.7. The van der Waals surface area contributed by atoms with Gasteiger partial charge in [0.1, 0.15) is 5.52 Å². The molecular weight excluding hydrogens is 451 g/mol. The number of methoxy groups -OCH3 is 1. The summed E-state index contributed by atoms with van der Waals surface area (Å²) in [7, 11) is 3.02. The van der Waals surface area contributed by atoms with E-state index in [1.807, 2.05) is 6.92 Å². The van der Waals surface area contributed by atoms with Crippen LogP contribution < -0.4 is 15.4 Å². The fourth-order valence-electron chi connectivity index (χ4n) is 4.64. The second kappa shape index (κ2) is 8.54. The van der Waals surface area contributed by atoms with Crippen molar-refractivity contribution in [3.8, 4) is 23.1 Å². The van der Waals surface area contributed by atoms with Gasteiger partial charge in [0.2, 0.25) is 11.8 Å². The largest absolute Gasteiger partial charge is 0.479 e. The summed E-state index contributed by atoms with van der Waals surface area (Å²) in [5.74, 6) is -0.232. The number of fused-ring (bicyclic) bond motifs is 2. The molecule has 0 bridgehead atoms. The summed E-state index contributed by atoms with van der Waals surface area (Å²) >= 11 is 0. The number of amides is 1. The van der Waals surface area contributed by atoms with Gasteiger partial charge in [-0.15, -0.1) is 5.10 Å². The van der Waals surface area contributed by atoms with Crippen molar-refractivity contribution >= 4 is 22.9 Å². The normalized spacial score (nSPS) is 20.0. The van der Waals surface area contributed by atoms with Gasteiger partial charge in [0.25, 0.3) is 5.91 Å². The Morgan fingerprint density at radius 2 is 2.11 bits per heavy atom. The fourth-order valence-corrected chi connectivity index (χ4v) is 4.64. The molecule has 1 aliphatic carbocycles. The highest BCUT2D eigenvalue weighted by atomic mass is 19.1. The molecule has 5 rings (SSSR count). The molecule has 4 aromatic rings. The standard InChI is InChI=1S/C24H25FN8O2/c1-24(13-26)7-4-15(5-8-24)29-23-30-22(35-3)20-19(17(25)12-33(20)31-23)14-6-9-32-18(10-14)16(11-28-32)21(34)27-2/h6,9-12,15H,4-5,7-8H2,1-3H3,(H,27,34)(H,29,31)/t15-,24+. The molecule has 0 spiro atoms. The van der Waals surface area contributed by atoms with Gasteiger partial charge in [0.05, 0.1) is 47.6 Å². The first-order chi connectivity index (χ1) is 16.9. The summed E-state index contributed by atoms with van der Waals surface area (Å²) in [4.78, 5) is 16.7. The molecule has 0 unspecified atom stereocenters. The number of anilines is 1. The predicted molar refractivity (Wildman–Crippen MR) is 127 cm³/mol. The third-order valence-corrected chi connectivity index (χ3v) is 6.72. The minimum Gasteiger partial charge on any atom is -0.479 e. The van der Waals surface area contributed by atoms with E-state index in [9.17, 15) is 10.1 Å². The van der Waals surface area contributed by atoms with Gasteiger partial charge in [-0.05, 0) is 50.3 Å². The number of hydrogen-bond donors (Lipinski definition) is 2. The van der Waals surface area contributed by atoms with Gasteiger partial charge < -0.3 is 15.4 Å². The van der Waals surface area contributed by atoms with Gasteiger partial charge >= 0.3 is 0 Å². The number of nitrogens with one attached hydrogen (secondary N) is 2. The van der Waals surface area contributed by atoms with Crippen molar-refractivity contribution in [2.45, 2.75) is 38.6 Å². The van der Waals surface area contributed by atoms with Crippen molar-refractivity contribution < 1.29 is 13.9 Å². The Morgan fingerprint density at radius 1 is 1.34 bits per heavy atom. The molecule has 11 heteroatoms. The van der Waals surface area contributed by atoms with Crippen LogP contribution in [0.5, 0.6) is 5.88 Å². The number of carbonyl (C=O) groups is 1. The molecule has 0 saturated heterocycles. The van der Waals surface area contributed by atoms with Crippen molar-refractivity contribution in [1.29, 1.82) is 5.26 Å². The van der Waals surface area contributed by atoms with Crippen LogP contribution in [0.25, 0.3) is 22.2 Å². The molecule has 1 saturated carbocycles. The second-order valence-corrected chi connectivity index (χ2v) is 9.06. The molecule has 4 heterocycles. The fraction of sp³-hybridized carbons (Fsp3) is 0.375. The smallest absolute Gasteiger partial charge is 0.254 e. The summed E-state index contributed by atoms with van der Waals surface area (Å²) in [5, 5.41) is 23.9. The highest BCUT2D eigenvalue weighted by Gasteiger charge is 2.31. The van der Waals surface area contributed by atoms with Crippen LogP contribution in [0, 0.1) is 22.6 Å². The number of carbonyl (C=O) groups excluding carboxylic acids is 1. The average Bonchev–Trinajstić information content (AvgIpc) is 3.44. The summed E-state index contributed by atoms with van der Waals surface area (Å²) in [6, 6.07) is 5.94. The Hall–Kier alpha value is -4.20. The molecule has 1 amide bonds. The van der Waals surface area contributed by atoms with Crippen LogP contribution in [0.3, 0.4) is 0 Å². The monoisotopic (exact) mass is 476 g/mol. The zero-order valence-electron chi connectivity index (χ0n) is 19.7. The second-order valence-electron chi connectivity index (χ2n) is 9.06. The van der Waals surface area contributed by atoms with Gasteiger partial charge in [0.15, 0.2) is 5.82 Å². The molecule has 0 aromatic carbocycles. The van der Waals surface area contributed by atoms with Gasteiger partial charge in [-0.1, -0.05) is 0 Å². The Kier molecular flexibility index (Phi) is 5.51. The maximum Gasteiger partial charge on any atom is 0.254 e. The van der Waals surface area contributed by atoms with Crippen molar-refractivity contribution in [2.75, 3.05) is 19.5 Å². The van der Waals surface area contributed by atoms with Gasteiger partial charge in [-0.3, -0.25) is 4.79 Å². The van der Waals surface area contributed by atoms with E-state index in [1.165, 1.54) is 24.0 Å². The van der Waals surface area contributed by atoms with Crippen LogP contribution >= 0.6 is 0 Å². The van der Waals surface area contributed by atoms with Gasteiger partial charge in [0, 0.05) is 19.3 Å². The number of halogens is 1. The lowest BCUT2D eigenvalue weighted by molar-refractivity contribution is 0.0964. The molecule has 2 N–H and O–H groups in total. The van der Waals surface area contributed by atoms with E-state index in [0.717, 1.165) is 25.7 Å². The molecule has 35 heavy (non-hydrogen) atoms. The van der Waals surface area contributed by atoms with Crippen LogP contribution in [0.4, 0.5) is 10.3 Å². The summed E-state index contributed by atoms with van der Waals surface area (Å²) < 4.78 is 23.8. The molecule has 180 valence electrons. The summed E-state index contributed by atoms with van der Waals surface area (Å²) in [6.45, 7) is 1.98. The Balaban J connectivity index is 1.53. The van der Waals surface area contributed by atoms with Gasteiger partial charge in [-0.2, -0.15) is 15.3 Å². The topological polar surface area (TPSA) is 122 Å². The van der Waals surface area contributed by atoms with E-state index in [0.29, 0.717) is 28.1 Å². The maximum atomic E-state index is 15.3. The van der Waals surface area contributed by atoms with E-state index in [1.54, 1.807) is 29.9 Å². The van der Waals surface area contributed by atoms with Crippen molar-refractivity contribution in [3.05, 3.63) is 42.1 Å². The number of nitrogens with zero attached hydrogens (tertiary/aromatic N) is 6. The lowest BCUT2D eigenvalue weighted by atomic mass is 9.75. The van der Waals surface area contributed by atoms with E-state index in [-0.39, 0.29) is 28.8 Å². The van der Waals surface area contributed by atoms with Crippen molar-refractivity contribution in [2.24, 2.45) is 5.41 Å². The van der Waals surface area contributed by atoms with E-state index in [4.69, 9.17) is 4.74 Å². The number of hydrogen-bond acceptors (Lipinski definition) is 7. The SMILES string of the molecule is CNC(=O)c1cnn2ccc(-c3c(F)cn4nc(N[C@H]5CC[C@@](C)(C#N)CC5)nc(OC)c34)cc12. The molecule has 0 aliphatic heterocycles. The van der Waals surface area contributed by atoms with Crippen molar-refractivity contribution in [3.63, 3.8) is 0 Å². The minimum absolute atomic E-state index is 0.117. The first-order valence-electron chi connectivity index (χ1n) is 11.4. The van der Waals surface area contributed by atoms with Crippen LogP contribution in [0.15, 0.2) is 30.7 Å². The highest BCUT2D eigenvalue weighted by molar-refractivity contribution is 6.01. The van der Waals surface area contributed by atoms with Crippen LogP contribution in [0.1, 0.15) is 43.0 Å². The molecule has 1 aliphatic rings. The lowest BCUT2D eigenvalue weighted by Gasteiger charge is -2.32. The van der Waals surface area contributed by atoms with Crippen LogP contribution in [0.2, 0.25) is 0 Å². The minimum atomic E-state index is -0.498. The predicted octanol–water partition coefficient (Wildman–Crippen LogP) is 3.44. The number of ether oxygens (including phenoxy) is 1. The Bertz CT molecular complexity index is 1480. The van der Waals surface area contributed by atoms with E-state index in [2.05, 4.69) is 31.9 Å². The number of pyridine rings is 1. The first-order valence-corrected chi connectivity index (χ1v) is 11.4.